The SMILES string of the molecule is CCN(CC)C(=O)C1CC(=O)N(c2ccc(Oc3ccccc3)cc2)C1. The lowest BCUT2D eigenvalue weighted by Crippen LogP contribution is -2.37. The highest BCUT2D eigenvalue weighted by molar-refractivity contribution is 6.00. The van der Waals surface area contributed by atoms with E-state index in [9.17, 15) is 9.59 Å². The Morgan fingerprint density at radius 2 is 1.65 bits per heavy atom. The first-order valence-corrected chi connectivity index (χ1v) is 9.04. The summed E-state index contributed by atoms with van der Waals surface area (Å²) in [6.45, 7) is 5.70. The minimum absolute atomic E-state index is 0.00719. The van der Waals surface area contributed by atoms with Crippen molar-refractivity contribution in [2.24, 2.45) is 5.92 Å². The molecule has 1 heterocycles. The fourth-order valence-corrected chi connectivity index (χ4v) is 3.23. The van der Waals surface area contributed by atoms with Crippen molar-refractivity contribution in [2.45, 2.75) is 20.3 Å². The number of benzene rings is 2. The highest BCUT2D eigenvalue weighted by atomic mass is 16.5. The molecule has 0 spiro atoms. The predicted octanol–water partition coefficient (Wildman–Crippen LogP) is 3.70. The van der Waals surface area contributed by atoms with E-state index < -0.39 is 0 Å². The molecule has 2 aromatic carbocycles. The van der Waals surface area contributed by atoms with E-state index in [0.29, 0.717) is 25.4 Å². The molecule has 136 valence electrons. The normalized spacial score (nSPS) is 16.6. The van der Waals surface area contributed by atoms with Gasteiger partial charge in [0.1, 0.15) is 11.5 Å². The molecular formula is C21H24N2O3. The average molecular weight is 352 g/mol. The van der Waals surface area contributed by atoms with E-state index in [2.05, 4.69) is 0 Å². The number of carbonyl (C=O) groups excluding carboxylic acids is 2. The van der Waals surface area contributed by atoms with Crippen molar-refractivity contribution in [3.8, 4) is 11.5 Å². The van der Waals surface area contributed by atoms with Crippen LogP contribution in [-0.2, 0) is 9.59 Å². The number of nitrogens with zero attached hydrogens (tertiary/aromatic N) is 2. The topological polar surface area (TPSA) is 49.9 Å². The molecule has 0 radical (unpaired) electrons. The maximum Gasteiger partial charge on any atom is 0.227 e. The van der Waals surface area contributed by atoms with Gasteiger partial charge < -0.3 is 14.5 Å². The molecule has 0 aliphatic carbocycles. The summed E-state index contributed by atoms with van der Waals surface area (Å²) >= 11 is 0. The zero-order valence-corrected chi connectivity index (χ0v) is 15.2. The summed E-state index contributed by atoms with van der Waals surface area (Å²) in [5.41, 5.74) is 0.797. The molecule has 3 rings (SSSR count). The molecule has 1 aliphatic heterocycles. The molecule has 2 aromatic rings. The van der Waals surface area contributed by atoms with Crippen molar-refractivity contribution in [1.29, 1.82) is 0 Å². The summed E-state index contributed by atoms with van der Waals surface area (Å²) in [4.78, 5) is 28.4. The Kier molecular flexibility index (Phi) is 5.56. The van der Waals surface area contributed by atoms with Gasteiger partial charge in [0, 0.05) is 31.7 Å². The first-order chi connectivity index (χ1) is 12.6. The van der Waals surface area contributed by atoms with Gasteiger partial charge in [0.25, 0.3) is 0 Å². The van der Waals surface area contributed by atoms with Crippen LogP contribution in [0.4, 0.5) is 5.69 Å². The Labute approximate surface area is 154 Å². The molecule has 0 N–H and O–H groups in total. The minimum Gasteiger partial charge on any atom is -0.457 e. The number of carbonyl (C=O) groups is 2. The molecule has 0 saturated carbocycles. The molecule has 0 aromatic heterocycles. The smallest absolute Gasteiger partial charge is 0.227 e. The van der Waals surface area contributed by atoms with Crippen LogP contribution in [0.2, 0.25) is 0 Å². The number of rotatable bonds is 6. The van der Waals surface area contributed by atoms with Crippen molar-refractivity contribution >= 4 is 17.5 Å². The van der Waals surface area contributed by atoms with Gasteiger partial charge in [-0.05, 0) is 50.2 Å². The standard InChI is InChI=1S/C21H24N2O3/c1-3-22(4-2)21(25)16-14-20(24)23(15-16)17-10-12-19(13-11-17)26-18-8-6-5-7-9-18/h5-13,16H,3-4,14-15H2,1-2H3. The molecule has 5 heteroatoms. The highest BCUT2D eigenvalue weighted by Crippen LogP contribution is 2.29. The van der Waals surface area contributed by atoms with Crippen LogP contribution in [0.5, 0.6) is 11.5 Å². The number of hydrogen-bond donors (Lipinski definition) is 0. The van der Waals surface area contributed by atoms with Gasteiger partial charge >= 0.3 is 0 Å². The highest BCUT2D eigenvalue weighted by Gasteiger charge is 2.36. The summed E-state index contributed by atoms with van der Waals surface area (Å²) in [5.74, 6) is 1.27. The largest absolute Gasteiger partial charge is 0.457 e. The van der Waals surface area contributed by atoms with Gasteiger partial charge in [-0.1, -0.05) is 18.2 Å². The van der Waals surface area contributed by atoms with Crippen LogP contribution in [0.15, 0.2) is 54.6 Å². The van der Waals surface area contributed by atoms with Gasteiger partial charge in [-0.3, -0.25) is 9.59 Å². The summed E-state index contributed by atoms with van der Waals surface area (Å²) in [7, 11) is 0. The fraction of sp³-hybridized carbons (Fsp3) is 0.333. The van der Waals surface area contributed by atoms with Gasteiger partial charge in [0.15, 0.2) is 0 Å². The van der Waals surface area contributed by atoms with Crippen LogP contribution in [0, 0.1) is 5.92 Å². The summed E-state index contributed by atoms with van der Waals surface area (Å²) in [6.07, 6.45) is 0.275. The van der Waals surface area contributed by atoms with Crippen molar-refractivity contribution in [2.75, 3.05) is 24.5 Å². The number of amides is 2. The third-order valence-electron chi connectivity index (χ3n) is 4.68. The van der Waals surface area contributed by atoms with E-state index in [4.69, 9.17) is 4.74 Å². The van der Waals surface area contributed by atoms with Crippen molar-refractivity contribution in [1.82, 2.24) is 4.90 Å². The van der Waals surface area contributed by atoms with Gasteiger partial charge in [-0.25, -0.2) is 0 Å². The predicted molar refractivity (Wildman–Crippen MR) is 101 cm³/mol. The van der Waals surface area contributed by atoms with Crippen molar-refractivity contribution in [3.63, 3.8) is 0 Å². The Morgan fingerprint density at radius 1 is 1.04 bits per heavy atom. The first kappa shape index (κ1) is 18.0. The Morgan fingerprint density at radius 3 is 2.27 bits per heavy atom. The third kappa shape index (κ3) is 3.87. The average Bonchev–Trinajstić information content (AvgIpc) is 3.06. The van der Waals surface area contributed by atoms with E-state index in [0.717, 1.165) is 11.4 Å². The molecule has 2 amide bonds. The zero-order valence-electron chi connectivity index (χ0n) is 15.2. The Balaban J connectivity index is 1.67. The second-order valence-corrected chi connectivity index (χ2v) is 6.32. The fourth-order valence-electron chi connectivity index (χ4n) is 3.23. The summed E-state index contributed by atoms with van der Waals surface area (Å²) < 4.78 is 5.78. The monoisotopic (exact) mass is 352 g/mol. The van der Waals surface area contributed by atoms with Crippen molar-refractivity contribution in [3.05, 3.63) is 54.6 Å². The van der Waals surface area contributed by atoms with Crippen LogP contribution in [0.3, 0.4) is 0 Å². The Bertz CT molecular complexity index is 755. The Hall–Kier alpha value is -2.82. The quantitative estimate of drug-likeness (QED) is 0.796. The van der Waals surface area contributed by atoms with Crippen molar-refractivity contribution < 1.29 is 14.3 Å². The van der Waals surface area contributed by atoms with Crippen LogP contribution in [0.25, 0.3) is 0 Å². The van der Waals surface area contributed by atoms with Crippen LogP contribution < -0.4 is 9.64 Å². The van der Waals surface area contributed by atoms with E-state index in [-0.39, 0.29) is 24.2 Å². The van der Waals surface area contributed by atoms with E-state index in [1.807, 2.05) is 68.4 Å². The molecule has 0 bridgehead atoms. The lowest BCUT2D eigenvalue weighted by atomic mass is 10.1. The summed E-state index contributed by atoms with van der Waals surface area (Å²) in [6, 6.07) is 17.0. The zero-order chi connectivity index (χ0) is 18.5. The first-order valence-electron chi connectivity index (χ1n) is 9.04. The second-order valence-electron chi connectivity index (χ2n) is 6.32. The van der Waals surface area contributed by atoms with Gasteiger partial charge in [-0.15, -0.1) is 0 Å². The maximum atomic E-state index is 12.5. The lowest BCUT2D eigenvalue weighted by Gasteiger charge is -2.22. The van der Waals surface area contributed by atoms with Crippen LogP contribution >= 0.6 is 0 Å². The van der Waals surface area contributed by atoms with Gasteiger partial charge in [0.2, 0.25) is 11.8 Å². The maximum absolute atomic E-state index is 12.5. The van der Waals surface area contributed by atoms with Gasteiger partial charge in [0.05, 0.1) is 5.92 Å². The second kappa shape index (κ2) is 8.04. The number of ether oxygens (including phenoxy) is 1. The van der Waals surface area contributed by atoms with E-state index in [1.165, 1.54) is 0 Å². The summed E-state index contributed by atoms with van der Waals surface area (Å²) in [5, 5.41) is 0. The van der Waals surface area contributed by atoms with E-state index >= 15 is 0 Å². The third-order valence-corrected chi connectivity index (χ3v) is 4.68. The molecule has 1 unspecified atom stereocenters. The van der Waals surface area contributed by atoms with E-state index in [1.54, 1.807) is 9.80 Å². The molecule has 1 fully saturated rings. The van der Waals surface area contributed by atoms with Crippen LogP contribution in [0.1, 0.15) is 20.3 Å². The molecule has 1 atom stereocenters. The molecule has 1 aliphatic rings. The lowest BCUT2D eigenvalue weighted by molar-refractivity contribution is -0.135. The number of anilines is 1. The molecule has 1 saturated heterocycles. The van der Waals surface area contributed by atoms with Gasteiger partial charge in [-0.2, -0.15) is 0 Å². The molecule has 5 nitrogen and oxygen atoms in total. The molecular weight excluding hydrogens is 328 g/mol. The number of para-hydroxylation sites is 1. The molecule has 26 heavy (non-hydrogen) atoms. The number of hydrogen-bond acceptors (Lipinski definition) is 3. The minimum atomic E-state index is -0.261. The van der Waals surface area contributed by atoms with Crippen LogP contribution in [-0.4, -0.2) is 36.3 Å².